The highest BCUT2D eigenvalue weighted by Gasteiger charge is 2.34. The van der Waals surface area contributed by atoms with Gasteiger partial charge in [0.1, 0.15) is 5.75 Å². The van der Waals surface area contributed by atoms with Crippen LogP contribution in [0.15, 0.2) is 46.9 Å². The van der Waals surface area contributed by atoms with Gasteiger partial charge in [0.05, 0.1) is 30.3 Å². The number of hydrogen-bond donors (Lipinski definition) is 0. The Morgan fingerprint density at radius 1 is 1.23 bits per heavy atom. The molecule has 2 aliphatic rings. The summed E-state index contributed by atoms with van der Waals surface area (Å²) < 4.78 is 5.26. The van der Waals surface area contributed by atoms with Crippen molar-refractivity contribution < 1.29 is 9.53 Å². The van der Waals surface area contributed by atoms with Gasteiger partial charge in [0.2, 0.25) is 0 Å². The molecule has 136 valence electrons. The van der Waals surface area contributed by atoms with Crippen LogP contribution in [0.3, 0.4) is 0 Å². The minimum atomic E-state index is -0.0480. The third-order valence-corrected chi connectivity index (χ3v) is 5.95. The fourth-order valence-electron chi connectivity index (χ4n) is 3.62. The fraction of sp³-hybridized carbons (Fsp3) is 0.400. The zero-order chi connectivity index (χ0) is 17.9. The summed E-state index contributed by atoms with van der Waals surface area (Å²) in [5.74, 6) is 0.903. The van der Waals surface area contributed by atoms with Crippen LogP contribution in [0.2, 0.25) is 0 Å². The maximum atomic E-state index is 13.0. The van der Waals surface area contributed by atoms with E-state index >= 15 is 0 Å². The van der Waals surface area contributed by atoms with Gasteiger partial charge in [-0.3, -0.25) is 9.69 Å². The highest BCUT2D eigenvalue weighted by molar-refractivity contribution is 7.12. The van der Waals surface area contributed by atoms with Gasteiger partial charge in [-0.25, -0.2) is 5.01 Å². The van der Waals surface area contributed by atoms with Crippen LogP contribution < -0.4 is 4.74 Å². The minimum Gasteiger partial charge on any atom is -0.497 e. The van der Waals surface area contributed by atoms with E-state index in [2.05, 4.69) is 16.3 Å². The van der Waals surface area contributed by atoms with E-state index in [0.29, 0.717) is 6.54 Å². The van der Waals surface area contributed by atoms with Crippen molar-refractivity contribution in [2.45, 2.75) is 25.3 Å². The Morgan fingerprint density at radius 3 is 2.65 bits per heavy atom. The molecule has 0 bridgehead atoms. The zero-order valence-corrected chi connectivity index (χ0v) is 15.7. The van der Waals surface area contributed by atoms with E-state index in [1.165, 1.54) is 12.8 Å². The number of carbonyl (C=O) groups excluding carboxylic acids is 1. The maximum absolute atomic E-state index is 13.0. The van der Waals surface area contributed by atoms with Gasteiger partial charge in [-0.15, -0.1) is 11.3 Å². The number of hydrazone groups is 1. The van der Waals surface area contributed by atoms with E-state index in [1.807, 2.05) is 30.3 Å². The molecule has 0 aliphatic carbocycles. The van der Waals surface area contributed by atoms with E-state index < -0.39 is 0 Å². The first-order valence-electron chi connectivity index (χ1n) is 9.04. The largest absolute Gasteiger partial charge is 0.497 e. The quantitative estimate of drug-likeness (QED) is 0.810. The van der Waals surface area contributed by atoms with Crippen LogP contribution in [0.25, 0.3) is 0 Å². The molecule has 1 atom stereocenters. The Bertz CT molecular complexity index is 780. The second-order valence-electron chi connectivity index (χ2n) is 6.74. The lowest BCUT2D eigenvalue weighted by molar-refractivity contribution is -0.134. The molecule has 6 heteroatoms. The molecule has 0 N–H and O–H groups in total. The number of amides is 1. The monoisotopic (exact) mass is 369 g/mol. The lowest BCUT2D eigenvalue weighted by atomic mass is 10.0. The van der Waals surface area contributed by atoms with Crippen molar-refractivity contribution >= 4 is 23.0 Å². The van der Waals surface area contributed by atoms with Crippen LogP contribution in [0.5, 0.6) is 5.75 Å². The molecule has 1 unspecified atom stereocenters. The average molecular weight is 369 g/mol. The minimum absolute atomic E-state index is 0.0480. The summed E-state index contributed by atoms with van der Waals surface area (Å²) in [7, 11) is 1.66. The highest BCUT2D eigenvalue weighted by atomic mass is 32.1. The lowest BCUT2D eigenvalue weighted by Crippen LogP contribution is -2.36. The van der Waals surface area contributed by atoms with Gasteiger partial charge < -0.3 is 4.74 Å². The summed E-state index contributed by atoms with van der Waals surface area (Å²) in [5, 5.41) is 8.48. The van der Waals surface area contributed by atoms with Crippen molar-refractivity contribution in [1.82, 2.24) is 9.91 Å². The van der Waals surface area contributed by atoms with Crippen molar-refractivity contribution in [2.24, 2.45) is 5.10 Å². The van der Waals surface area contributed by atoms with Crippen molar-refractivity contribution in [3.05, 3.63) is 52.2 Å². The molecule has 26 heavy (non-hydrogen) atoms. The fourth-order valence-corrected chi connectivity index (χ4v) is 4.34. The predicted molar refractivity (Wildman–Crippen MR) is 104 cm³/mol. The summed E-state index contributed by atoms with van der Waals surface area (Å²) in [6.45, 7) is 2.47. The van der Waals surface area contributed by atoms with E-state index in [-0.39, 0.29) is 11.9 Å². The molecule has 1 aromatic carbocycles. The number of carbonyl (C=O) groups is 1. The van der Waals surface area contributed by atoms with Crippen molar-refractivity contribution in [2.75, 3.05) is 26.7 Å². The molecule has 1 amide bonds. The molecule has 0 saturated carbocycles. The van der Waals surface area contributed by atoms with Crippen LogP contribution in [-0.2, 0) is 4.79 Å². The second-order valence-corrected chi connectivity index (χ2v) is 7.69. The SMILES string of the molecule is COc1ccc(C2CC(c3cccs3)=NN2C(=O)CN2CCCC2)cc1. The zero-order valence-electron chi connectivity index (χ0n) is 14.9. The smallest absolute Gasteiger partial charge is 0.257 e. The average Bonchev–Trinajstić information content (AvgIpc) is 3.42. The van der Waals surface area contributed by atoms with Crippen LogP contribution in [0, 0.1) is 0 Å². The summed E-state index contributed by atoms with van der Waals surface area (Å²) in [4.78, 5) is 16.3. The Kier molecular flexibility index (Phi) is 5.04. The Balaban J connectivity index is 1.59. The van der Waals surface area contributed by atoms with E-state index in [1.54, 1.807) is 23.5 Å². The number of thiophene rings is 1. The molecular weight excluding hydrogens is 346 g/mol. The number of nitrogens with zero attached hydrogens (tertiary/aromatic N) is 3. The van der Waals surface area contributed by atoms with Crippen LogP contribution in [0.4, 0.5) is 0 Å². The third-order valence-electron chi connectivity index (χ3n) is 5.03. The second kappa shape index (κ2) is 7.60. The molecule has 1 saturated heterocycles. The normalized spacial score (nSPS) is 20.4. The van der Waals surface area contributed by atoms with Crippen molar-refractivity contribution in [3.8, 4) is 5.75 Å². The Hall–Kier alpha value is -2.18. The topological polar surface area (TPSA) is 45.1 Å². The standard InChI is InChI=1S/C20H23N3O2S/c1-25-16-8-6-15(7-9-16)18-13-17(19-5-4-12-26-19)21-23(18)20(24)14-22-10-2-3-11-22/h4-9,12,18H,2-3,10-11,13-14H2,1H3. The first-order chi connectivity index (χ1) is 12.7. The summed E-state index contributed by atoms with van der Waals surface area (Å²) in [6.07, 6.45) is 3.11. The summed E-state index contributed by atoms with van der Waals surface area (Å²) in [5.41, 5.74) is 2.09. The van der Waals surface area contributed by atoms with Crippen LogP contribution in [0.1, 0.15) is 35.7 Å². The molecule has 0 radical (unpaired) electrons. The van der Waals surface area contributed by atoms with Crippen molar-refractivity contribution in [3.63, 3.8) is 0 Å². The maximum Gasteiger partial charge on any atom is 0.257 e. The molecular formula is C20H23N3O2S. The highest BCUT2D eigenvalue weighted by Crippen LogP contribution is 2.34. The van der Waals surface area contributed by atoms with Gasteiger partial charge >= 0.3 is 0 Å². The van der Waals surface area contributed by atoms with Gasteiger partial charge in [-0.05, 0) is 55.1 Å². The van der Waals surface area contributed by atoms with E-state index in [9.17, 15) is 4.79 Å². The molecule has 1 aromatic heterocycles. The molecule has 1 fully saturated rings. The van der Waals surface area contributed by atoms with Gasteiger partial charge in [-0.1, -0.05) is 18.2 Å². The van der Waals surface area contributed by atoms with Gasteiger partial charge in [-0.2, -0.15) is 5.10 Å². The first kappa shape index (κ1) is 17.2. The molecule has 2 aliphatic heterocycles. The lowest BCUT2D eigenvalue weighted by Gasteiger charge is -2.24. The van der Waals surface area contributed by atoms with Crippen LogP contribution in [-0.4, -0.2) is 48.3 Å². The summed E-state index contributed by atoms with van der Waals surface area (Å²) in [6, 6.07) is 12.0. The van der Waals surface area contributed by atoms with Gasteiger partial charge in [0.25, 0.3) is 5.91 Å². The number of methoxy groups -OCH3 is 1. The number of rotatable bonds is 5. The molecule has 5 nitrogen and oxygen atoms in total. The predicted octanol–water partition coefficient (Wildman–Crippen LogP) is 3.53. The molecule has 3 heterocycles. The third kappa shape index (κ3) is 3.52. The number of benzene rings is 1. The van der Waals surface area contributed by atoms with Gasteiger partial charge in [0.15, 0.2) is 0 Å². The van der Waals surface area contributed by atoms with Gasteiger partial charge in [0, 0.05) is 6.42 Å². The Labute approximate surface area is 157 Å². The van der Waals surface area contributed by atoms with E-state index in [4.69, 9.17) is 9.84 Å². The number of likely N-dealkylation sites (tertiary alicyclic amines) is 1. The number of hydrogen-bond acceptors (Lipinski definition) is 5. The van der Waals surface area contributed by atoms with Crippen molar-refractivity contribution in [1.29, 1.82) is 0 Å². The molecule has 4 rings (SSSR count). The Morgan fingerprint density at radius 2 is 2.00 bits per heavy atom. The number of ether oxygens (including phenoxy) is 1. The molecule has 2 aromatic rings. The first-order valence-corrected chi connectivity index (χ1v) is 9.92. The van der Waals surface area contributed by atoms with Crippen LogP contribution >= 0.6 is 11.3 Å². The molecule has 0 spiro atoms. The van der Waals surface area contributed by atoms with E-state index in [0.717, 1.165) is 41.4 Å². The summed E-state index contributed by atoms with van der Waals surface area (Å²) >= 11 is 1.67.